The molecule has 0 radical (unpaired) electrons. The van der Waals surface area contributed by atoms with Crippen molar-refractivity contribution in [1.82, 2.24) is 0 Å². The van der Waals surface area contributed by atoms with Gasteiger partial charge in [0, 0.05) is 0 Å². The van der Waals surface area contributed by atoms with Gasteiger partial charge in [-0.15, -0.1) is 0 Å². The number of carbonyl (C=O) groups is 3. The largest absolute Gasteiger partial charge is 0.465 e. The summed E-state index contributed by atoms with van der Waals surface area (Å²) in [6.07, 6.45) is 0. The summed E-state index contributed by atoms with van der Waals surface area (Å²) in [5, 5.41) is 1.12. The molecule has 0 bridgehead atoms. The highest BCUT2D eigenvalue weighted by Gasteiger charge is 2.22. The van der Waals surface area contributed by atoms with Crippen LogP contribution in [-0.2, 0) is 4.74 Å². The number of ketones is 1. The molecule has 0 spiro atoms. The van der Waals surface area contributed by atoms with Gasteiger partial charge < -0.3 is 9.47 Å². The van der Waals surface area contributed by atoms with Crippen molar-refractivity contribution in [3.63, 3.8) is 0 Å². The van der Waals surface area contributed by atoms with E-state index in [0.717, 1.165) is 5.19 Å². The number of methoxy groups -OCH3 is 1. The van der Waals surface area contributed by atoms with Crippen molar-refractivity contribution in [3.05, 3.63) is 58.7 Å². The molecule has 0 unspecified atom stereocenters. The maximum Gasteiger partial charge on any atom is 0.343 e. The van der Waals surface area contributed by atoms with Gasteiger partial charge in [-0.3, -0.25) is 4.79 Å². The van der Waals surface area contributed by atoms with E-state index < -0.39 is 20.0 Å². The number of aryl methyl sites for hydroxylation is 1. The van der Waals surface area contributed by atoms with E-state index in [2.05, 4.69) is 24.4 Å². The standard InChI is InChI=1S/C21H24O5Si/c1-13-11-15(20(23)25-3)7-9-17(13)21(24)26-19-10-8-16(27(4,5)6)12-18(19)14(2)22/h7-12H,1-6H3. The van der Waals surface area contributed by atoms with E-state index in [1.54, 1.807) is 19.1 Å². The topological polar surface area (TPSA) is 69.7 Å². The molecule has 5 nitrogen and oxygen atoms in total. The fourth-order valence-electron chi connectivity index (χ4n) is 2.65. The van der Waals surface area contributed by atoms with E-state index in [1.807, 2.05) is 12.1 Å². The number of ether oxygens (including phenoxy) is 2. The molecule has 2 aromatic rings. The second kappa shape index (κ2) is 7.88. The third kappa shape index (κ3) is 4.71. The molecule has 2 rings (SSSR count). The summed E-state index contributed by atoms with van der Waals surface area (Å²) >= 11 is 0. The van der Waals surface area contributed by atoms with E-state index in [4.69, 9.17) is 4.74 Å². The zero-order valence-corrected chi connectivity index (χ0v) is 17.5. The average Bonchev–Trinajstić information content (AvgIpc) is 2.59. The molecule has 27 heavy (non-hydrogen) atoms. The Bertz CT molecular complexity index is 909. The predicted molar refractivity (Wildman–Crippen MR) is 107 cm³/mol. The van der Waals surface area contributed by atoms with Gasteiger partial charge in [-0.1, -0.05) is 30.9 Å². The van der Waals surface area contributed by atoms with Gasteiger partial charge in [0.25, 0.3) is 0 Å². The Morgan fingerprint density at radius 1 is 0.889 bits per heavy atom. The number of esters is 2. The van der Waals surface area contributed by atoms with Gasteiger partial charge in [0.1, 0.15) is 5.75 Å². The molecule has 0 N–H and O–H groups in total. The van der Waals surface area contributed by atoms with Gasteiger partial charge in [0.15, 0.2) is 5.78 Å². The Morgan fingerprint density at radius 2 is 1.56 bits per heavy atom. The van der Waals surface area contributed by atoms with E-state index in [1.165, 1.54) is 26.2 Å². The fraction of sp³-hybridized carbons (Fsp3) is 0.286. The van der Waals surface area contributed by atoms with E-state index >= 15 is 0 Å². The second-order valence-corrected chi connectivity index (χ2v) is 12.5. The monoisotopic (exact) mass is 384 g/mol. The molecular formula is C21H24O5Si. The first-order chi connectivity index (χ1) is 12.5. The first-order valence-electron chi connectivity index (χ1n) is 8.61. The SMILES string of the molecule is COC(=O)c1ccc(C(=O)Oc2ccc([Si](C)(C)C)cc2C(C)=O)c(C)c1. The summed E-state index contributed by atoms with van der Waals surface area (Å²) in [6.45, 7) is 9.72. The van der Waals surface area contributed by atoms with Crippen molar-refractivity contribution in [2.24, 2.45) is 0 Å². The lowest BCUT2D eigenvalue weighted by atomic mass is 10.1. The van der Waals surface area contributed by atoms with Crippen LogP contribution in [0.5, 0.6) is 5.75 Å². The summed E-state index contributed by atoms with van der Waals surface area (Å²) < 4.78 is 10.2. The molecule has 142 valence electrons. The van der Waals surface area contributed by atoms with Gasteiger partial charge in [-0.25, -0.2) is 9.59 Å². The minimum absolute atomic E-state index is 0.157. The molecule has 6 heteroatoms. The third-order valence-electron chi connectivity index (χ3n) is 4.29. The van der Waals surface area contributed by atoms with Crippen molar-refractivity contribution < 1.29 is 23.9 Å². The van der Waals surface area contributed by atoms with Crippen LogP contribution in [0, 0.1) is 6.92 Å². The van der Waals surface area contributed by atoms with Crippen LogP contribution in [0.15, 0.2) is 36.4 Å². The quantitative estimate of drug-likeness (QED) is 0.340. The predicted octanol–water partition coefficient (Wildman–Crippen LogP) is 3.75. The molecule has 0 saturated carbocycles. The van der Waals surface area contributed by atoms with Crippen LogP contribution < -0.4 is 9.92 Å². The number of benzene rings is 2. The highest BCUT2D eigenvalue weighted by molar-refractivity contribution is 6.88. The lowest BCUT2D eigenvalue weighted by Crippen LogP contribution is -2.38. The lowest BCUT2D eigenvalue weighted by Gasteiger charge is -2.19. The fourth-order valence-corrected chi connectivity index (χ4v) is 3.81. The van der Waals surface area contributed by atoms with Crippen molar-refractivity contribution in [2.45, 2.75) is 33.5 Å². The zero-order valence-electron chi connectivity index (χ0n) is 16.5. The summed E-state index contributed by atoms with van der Waals surface area (Å²) in [4.78, 5) is 36.3. The third-order valence-corrected chi connectivity index (χ3v) is 6.34. The first kappa shape index (κ1) is 20.6. The minimum Gasteiger partial charge on any atom is -0.465 e. The molecule has 0 amide bonds. The molecule has 0 aromatic heterocycles. The second-order valence-electron chi connectivity index (χ2n) is 7.43. The Hall–Kier alpha value is -2.73. The normalized spacial score (nSPS) is 11.0. The van der Waals surface area contributed by atoms with Crippen LogP contribution in [0.3, 0.4) is 0 Å². The first-order valence-corrected chi connectivity index (χ1v) is 12.1. The highest BCUT2D eigenvalue weighted by Crippen LogP contribution is 2.22. The number of carbonyl (C=O) groups excluding carboxylic acids is 3. The summed E-state index contributed by atoms with van der Waals surface area (Å²) in [5.41, 5.74) is 1.67. The molecule has 0 atom stereocenters. The van der Waals surface area contributed by atoms with Gasteiger partial charge in [-0.2, -0.15) is 0 Å². The number of hydrogen-bond acceptors (Lipinski definition) is 5. The Morgan fingerprint density at radius 3 is 2.07 bits per heavy atom. The van der Waals surface area contributed by atoms with Crippen molar-refractivity contribution in [2.75, 3.05) is 7.11 Å². The summed E-state index contributed by atoms with van der Waals surface area (Å²) in [7, 11) is -0.305. The highest BCUT2D eigenvalue weighted by atomic mass is 28.3. The van der Waals surface area contributed by atoms with Crippen LogP contribution in [-0.4, -0.2) is 32.9 Å². The maximum atomic E-state index is 12.6. The Balaban J connectivity index is 2.35. The van der Waals surface area contributed by atoms with E-state index in [0.29, 0.717) is 22.3 Å². The van der Waals surface area contributed by atoms with Gasteiger partial charge in [-0.05, 0) is 49.7 Å². The van der Waals surface area contributed by atoms with Crippen LogP contribution >= 0.6 is 0 Å². The van der Waals surface area contributed by atoms with Crippen LogP contribution in [0.25, 0.3) is 0 Å². The lowest BCUT2D eigenvalue weighted by molar-refractivity contribution is 0.0599. The Labute approximate surface area is 160 Å². The molecule has 2 aromatic carbocycles. The zero-order chi connectivity index (χ0) is 20.4. The molecule has 0 heterocycles. The number of rotatable bonds is 5. The molecule has 0 aliphatic heterocycles. The van der Waals surface area contributed by atoms with Crippen LogP contribution in [0.1, 0.15) is 43.6 Å². The van der Waals surface area contributed by atoms with Crippen molar-refractivity contribution in [1.29, 1.82) is 0 Å². The Kier molecular flexibility index (Phi) is 6.00. The summed E-state index contributed by atoms with van der Waals surface area (Å²) in [5.74, 6) is -0.965. The van der Waals surface area contributed by atoms with E-state index in [9.17, 15) is 14.4 Å². The van der Waals surface area contributed by atoms with Crippen molar-refractivity contribution in [3.8, 4) is 5.75 Å². The molecular weight excluding hydrogens is 360 g/mol. The van der Waals surface area contributed by atoms with Crippen molar-refractivity contribution >= 4 is 31.0 Å². The molecule has 0 saturated heterocycles. The minimum atomic E-state index is -1.60. The van der Waals surface area contributed by atoms with Gasteiger partial charge in [0.2, 0.25) is 0 Å². The number of hydrogen-bond donors (Lipinski definition) is 0. The molecule has 0 aliphatic carbocycles. The van der Waals surface area contributed by atoms with E-state index in [-0.39, 0.29) is 11.5 Å². The van der Waals surface area contributed by atoms with Crippen LogP contribution in [0.4, 0.5) is 0 Å². The van der Waals surface area contributed by atoms with Gasteiger partial charge in [0.05, 0.1) is 31.9 Å². The smallest absolute Gasteiger partial charge is 0.343 e. The van der Waals surface area contributed by atoms with Gasteiger partial charge >= 0.3 is 11.9 Å². The molecule has 0 fully saturated rings. The average molecular weight is 385 g/mol. The maximum absolute atomic E-state index is 12.6. The molecule has 0 aliphatic rings. The summed E-state index contributed by atoms with van der Waals surface area (Å²) in [6, 6.07) is 10.0. The number of Topliss-reactive ketones (excluding diaryl/α,β-unsaturated/α-hetero) is 1. The van der Waals surface area contributed by atoms with Crippen LogP contribution in [0.2, 0.25) is 19.6 Å².